The summed E-state index contributed by atoms with van der Waals surface area (Å²) >= 11 is 1.43. The number of carbonyl (C=O) groups is 1. The summed E-state index contributed by atoms with van der Waals surface area (Å²) in [7, 11) is 0. The first-order chi connectivity index (χ1) is 11.4. The number of hydrogen-bond donors (Lipinski definition) is 0. The van der Waals surface area contributed by atoms with Gasteiger partial charge in [0.05, 0.1) is 0 Å². The van der Waals surface area contributed by atoms with E-state index in [0.29, 0.717) is 17.8 Å². The molecule has 0 fully saturated rings. The Kier molecular flexibility index (Phi) is 4.41. The van der Waals surface area contributed by atoms with Crippen molar-refractivity contribution in [3.8, 4) is 5.75 Å². The molecule has 0 N–H and O–H groups in total. The second-order valence-electron chi connectivity index (χ2n) is 6.09. The summed E-state index contributed by atoms with van der Waals surface area (Å²) < 4.78 is 16.8. The maximum atomic E-state index is 11.9. The van der Waals surface area contributed by atoms with E-state index in [0.717, 1.165) is 10.9 Å². The van der Waals surface area contributed by atoms with E-state index in [1.165, 1.54) is 23.9 Å². The number of fused-ring (bicyclic) bond motifs is 3. The Morgan fingerprint density at radius 1 is 1.33 bits per heavy atom. The van der Waals surface area contributed by atoms with Crippen LogP contribution in [0.15, 0.2) is 45.0 Å². The highest BCUT2D eigenvalue weighted by molar-refractivity contribution is 8.01. The van der Waals surface area contributed by atoms with Crippen molar-refractivity contribution in [2.45, 2.75) is 32.0 Å². The second-order valence-corrected chi connectivity index (χ2v) is 6.83. The van der Waals surface area contributed by atoms with Crippen LogP contribution in [-0.2, 0) is 16.0 Å². The van der Waals surface area contributed by atoms with E-state index in [2.05, 4.69) is 0 Å². The van der Waals surface area contributed by atoms with Gasteiger partial charge in [0.2, 0.25) is 0 Å². The smallest absolute Gasteiger partial charge is 0.336 e. The highest BCUT2D eigenvalue weighted by Crippen LogP contribution is 2.38. The number of esters is 1. The van der Waals surface area contributed by atoms with Crippen molar-refractivity contribution in [3.63, 3.8) is 0 Å². The molecular weight excluding hydrogens is 328 g/mol. The van der Waals surface area contributed by atoms with Gasteiger partial charge in [-0.05, 0) is 43.7 Å². The van der Waals surface area contributed by atoms with E-state index >= 15 is 0 Å². The standard InChI is InChI=1S/C18H18O5S/c1-18(2,23-16(20)8-9-24-3)14-10-12-13(21-14)6-4-11-5-7-15(19)22-17(11)12/h4-9,14H,10H2,1-3H3/t14-/m0/s1. The Labute approximate surface area is 143 Å². The molecule has 3 rings (SSSR count). The highest BCUT2D eigenvalue weighted by Gasteiger charge is 2.40. The van der Waals surface area contributed by atoms with Gasteiger partial charge in [-0.15, -0.1) is 11.8 Å². The van der Waals surface area contributed by atoms with Crippen LogP contribution in [0.4, 0.5) is 0 Å². The molecule has 1 aliphatic heterocycles. The zero-order valence-electron chi connectivity index (χ0n) is 13.7. The first kappa shape index (κ1) is 16.6. The summed E-state index contributed by atoms with van der Waals surface area (Å²) in [5.41, 5.74) is 0.151. The van der Waals surface area contributed by atoms with Gasteiger partial charge in [-0.25, -0.2) is 9.59 Å². The molecule has 0 unspecified atom stereocenters. The van der Waals surface area contributed by atoms with E-state index in [1.807, 2.05) is 32.2 Å². The Morgan fingerprint density at radius 2 is 2.08 bits per heavy atom. The molecule has 2 heterocycles. The number of rotatable bonds is 4. The Hall–Kier alpha value is -2.21. The fraction of sp³-hybridized carbons (Fsp3) is 0.333. The van der Waals surface area contributed by atoms with Gasteiger partial charge in [0.15, 0.2) is 0 Å². The molecule has 0 saturated heterocycles. The molecule has 6 heteroatoms. The summed E-state index contributed by atoms with van der Waals surface area (Å²) in [4.78, 5) is 23.4. The molecule has 5 nitrogen and oxygen atoms in total. The fourth-order valence-electron chi connectivity index (χ4n) is 2.73. The Balaban J connectivity index is 1.86. The zero-order chi connectivity index (χ0) is 17.3. The van der Waals surface area contributed by atoms with Crippen molar-refractivity contribution in [2.75, 3.05) is 6.26 Å². The minimum Gasteiger partial charge on any atom is -0.485 e. The lowest BCUT2D eigenvalue weighted by molar-refractivity contribution is -0.158. The average Bonchev–Trinajstić information content (AvgIpc) is 2.98. The quantitative estimate of drug-likeness (QED) is 0.481. The van der Waals surface area contributed by atoms with Gasteiger partial charge < -0.3 is 13.9 Å². The molecule has 0 radical (unpaired) electrons. The van der Waals surface area contributed by atoms with Crippen molar-refractivity contribution < 1.29 is 18.7 Å². The van der Waals surface area contributed by atoms with Crippen LogP contribution in [0.5, 0.6) is 5.75 Å². The SMILES string of the molecule is CSC=CC(=O)OC(C)(C)[C@@H]1Cc2c(ccc3ccc(=O)oc23)O1. The van der Waals surface area contributed by atoms with Gasteiger partial charge in [-0.2, -0.15) is 0 Å². The molecule has 0 amide bonds. The predicted octanol–water partition coefficient (Wildman–Crippen LogP) is 3.30. The molecular formula is C18H18O5S. The topological polar surface area (TPSA) is 65.7 Å². The second kappa shape index (κ2) is 6.36. The number of ether oxygens (including phenoxy) is 2. The molecule has 0 spiro atoms. The van der Waals surface area contributed by atoms with Crippen molar-refractivity contribution in [3.05, 3.63) is 51.7 Å². The van der Waals surface area contributed by atoms with Crippen molar-refractivity contribution >= 4 is 28.7 Å². The average molecular weight is 346 g/mol. The maximum absolute atomic E-state index is 11.9. The van der Waals surface area contributed by atoms with Crippen LogP contribution in [0, 0.1) is 0 Å². The van der Waals surface area contributed by atoms with Crippen molar-refractivity contribution in [1.29, 1.82) is 0 Å². The van der Waals surface area contributed by atoms with Gasteiger partial charge in [0, 0.05) is 29.5 Å². The third-order valence-corrected chi connectivity index (χ3v) is 4.40. The number of carbonyl (C=O) groups excluding carboxylic acids is 1. The molecule has 2 aromatic rings. The van der Waals surface area contributed by atoms with E-state index in [4.69, 9.17) is 13.9 Å². The van der Waals surface area contributed by atoms with E-state index in [9.17, 15) is 9.59 Å². The lowest BCUT2D eigenvalue weighted by Gasteiger charge is -2.30. The summed E-state index contributed by atoms with van der Waals surface area (Å²) in [6.45, 7) is 3.62. The first-order valence-electron chi connectivity index (χ1n) is 7.55. The van der Waals surface area contributed by atoms with Crippen LogP contribution in [-0.4, -0.2) is 23.9 Å². The Morgan fingerprint density at radius 3 is 2.83 bits per heavy atom. The minimum absolute atomic E-state index is 0.352. The van der Waals surface area contributed by atoms with Crippen LogP contribution in [0.3, 0.4) is 0 Å². The summed E-state index contributed by atoms with van der Waals surface area (Å²) in [6, 6.07) is 6.82. The molecule has 1 aromatic carbocycles. The minimum atomic E-state index is -0.819. The van der Waals surface area contributed by atoms with Crippen LogP contribution in [0.25, 0.3) is 11.0 Å². The summed E-state index contributed by atoms with van der Waals surface area (Å²) in [5.74, 6) is 0.246. The normalized spacial score (nSPS) is 17.0. The van der Waals surface area contributed by atoms with Gasteiger partial charge in [-0.1, -0.05) is 0 Å². The lowest BCUT2D eigenvalue weighted by Crippen LogP contribution is -2.43. The van der Waals surface area contributed by atoms with Gasteiger partial charge in [0.1, 0.15) is 23.0 Å². The van der Waals surface area contributed by atoms with Crippen LogP contribution >= 0.6 is 11.8 Å². The Bertz CT molecular complexity index is 865. The molecule has 126 valence electrons. The summed E-state index contributed by atoms with van der Waals surface area (Å²) in [6.07, 6.45) is 3.41. The first-order valence-corrected chi connectivity index (χ1v) is 8.84. The largest absolute Gasteiger partial charge is 0.485 e. The molecule has 0 bridgehead atoms. The van der Waals surface area contributed by atoms with Crippen LogP contribution in [0.1, 0.15) is 19.4 Å². The van der Waals surface area contributed by atoms with E-state index in [1.54, 1.807) is 11.5 Å². The number of thioether (sulfide) groups is 1. The maximum Gasteiger partial charge on any atom is 0.336 e. The van der Waals surface area contributed by atoms with Crippen molar-refractivity contribution in [1.82, 2.24) is 0 Å². The molecule has 24 heavy (non-hydrogen) atoms. The van der Waals surface area contributed by atoms with Crippen LogP contribution in [0.2, 0.25) is 0 Å². The predicted molar refractivity (Wildman–Crippen MR) is 93.4 cm³/mol. The monoisotopic (exact) mass is 346 g/mol. The lowest BCUT2D eigenvalue weighted by atomic mass is 9.96. The molecule has 0 saturated carbocycles. The van der Waals surface area contributed by atoms with Crippen molar-refractivity contribution in [2.24, 2.45) is 0 Å². The number of benzene rings is 1. The summed E-state index contributed by atoms with van der Waals surface area (Å²) in [5, 5.41) is 2.51. The van der Waals surface area contributed by atoms with E-state index < -0.39 is 17.2 Å². The van der Waals surface area contributed by atoms with Gasteiger partial charge in [0.25, 0.3) is 0 Å². The fourth-order valence-corrected chi connectivity index (χ4v) is 2.97. The van der Waals surface area contributed by atoms with Gasteiger partial charge >= 0.3 is 11.6 Å². The molecule has 1 atom stereocenters. The highest BCUT2D eigenvalue weighted by atomic mass is 32.2. The third-order valence-electron chi connectivity index (χ3n) is 3.99. The van der Waals surface area contributed by atoms with E-state index in [-0.39, 0.29) is 6.10 Å². The zero-order valence-corrected chi connectivity index (χ0v) is 14.5. The third kappa shape index (κ3) is 3.19. The molecule has 1 aliphatic rings. The van der Waals surface area contributed by atoms with Gasteiger partial charge in [-0.3, -0.25) is 0 Å². The molecule has 1 aromatic heterocycles. The molecule has 0 aliphatic carbocycles. The van der Waals surface area contributed by atoms with Crippen LogP contribution < -0.4 is 10.4 Å². The number of hydrogen-bond acceptors (Lipinski definition) is 6.